The van der Waals surface area contributed by atoms with Gasteiger partial charge in [-0.3, -0.25) is 4.99 Å². The molecule has 2 rings (SSSR count). The van der Waals surface area contributed by atoms with E-state index in [9.17, 15) is 0 Å². The van der Waals surface area contributed by atoms with Crippen LogP contribution in [0.1, 0.15) is 44.0 Å². The van der Waals surface area contributed by atoms with Crippen LogP contribution in [0, 0.1) is 5.41 Å². The number of halogens is 1. The Balaban J connectivity index is 0.00000220. The fourth-order valence-corrected chi connectivity index (χ4v) is 2.79. The van der Waals surface area contributed by atoms with E-state index in [1.807, 2.05) is 6.92 Å². The molecule has 1 aromatic rings. The summed E-state index contributed by atoms with van der Waals surface area (Å²) in [7, 11) is 3.50. The van der Waals surface area contributed by atoms with Gasteiger partial charge in [0.15, 0.2) is 5.96 Å². The minimum atomic E-state index is 0. The van der Waals surface area contributed by atoms with Gasteiger partial charge in [-0.1, -0.05) is 13.8 Å². The molecule has 21 heavy (non-hydrogen) atoms. The molecular weight excluding hydrogens is 399 g/mol. The quantitative estimate of drug-likeness (QED) is 0.434. The molecule has 0 amide bonds. The van der Waals surface area contributed by atoms with E-state index in [0.29, 0.717) is 18.0 Å². The number of rotatable bonds is 5. The summed E-state index contributed by atoms with van der Waals surface area (Å²) in [5.74, 6) is 0.843. The van der Waals surface area contributed by atoms with Gasteiger partial charge in [-0.05, 0) is 18.8 Å². The van der Waals surface area contributed by atoms with Gasteiger partial charge in [-0.2, -0.15) is 0 Å². The van der Waals surface area contributed by atoms with Gasteiger partial charge in [-0.15, -0.1) is 35.3 Å². The summed E-state index contributed by atoms with van der Waals surface area (Å²) in [5.41, 5.74) is 1.41. The predicted octanol–water partition coefficient (Wildman–Crippen LogP) is 2.93. The maximum absolute atomic E-state index is 5.27. The Hall–Kier alpha value is -0.410. The van der Waals surface area contributed by atoms with E-state index in [0.717, 1.165) is 16.7 Å². The average molecular weight is 424 g/mol. The standard InChI is InChI=1S/C14H24N4OS.HI/c1-9(19-5)12-17-10(8-20-12)7-16-13(15-4)18-11-6-14(11,2)3;/h8-9,11H,6-7H2,1-5H3,(H2,15,16,18);1H. The molecule has 0 saturated heterocycles. The van der Waals surface area contributed by atoms with Crippen molar-refractivity contribution in [2.75, 3.05) is 14.2 Å². The Morgan fingerprint density at radius 1 is 1.62 bits per heavy atom. The Morgan fingerprint density at radius 3 is 2.81 bits per heavy atom. The lowest BCUT2D eigenvalue weighted by atomic mass is 10.2. The first-order chi connectivity index (χ1) is 9.46. The second kappa shape index (κ2) is 7.73. The molecule has 1 saturated carbocycles. The molecule has 0 bridgehead atoms. The number of guanidine groups is 1. The normalized spacial score (nSPS) is 21.4. The van der Waals surface area contributed by atoms with Crippen molar-refractivity contribution in [2.45, 2.75) is 45.9 Å². The summed E-state index contributed by atoms with van der Waals surface area (Å²) in [4.78, 5) is 8.81. The molecule has 2 atom stereocenters. The van der Waals surface area contributed by atoms with Crippen molar-refractivity contribution < 1.29 is 4.74 Å². The minimum Gasteiger partial charge on any atom is -0.375 e. The number of nitrogens with zero attached hydrogens (tertiary/aromatic N) is 2. The van der Waals surface area contributed by atoms with Gasteiger partial charge < -0.3 is 15.4 Å². The number of methoxy groups -OCH3 is 1. The highest BCUT2D eigenvalue weighted by molar-refractivity contribution is 14.0. The molecule has 1 heterocycles. The molecule has 0 spiro atoms. The van der Waals surface area contributed by atoms with Crippen LogP contribution >= 0.6 is 35.3 Å². The Bertz CT molecular complexity index is 489. The number of hydrogen-bond acceptors (Lipinski definition) is 4. The largest absolute Gasteiger partial charge is 0.375 e. The molecule has 1 aliphatic rings. The summed E-state index contributed by atoms with van der Waals surface area (Å²) >= 11 is 1.63. The number of ether oxygens (including phenoxy) is 1. The van der Waals surface area contributed by atoms with Gasteiger partial charge in [0.25, 0.3) is 0 Å². The van der Waals surface area contributed by atoms with Gasteiger partial charge >= 0.3 is 0 Å². The molecule has 120 valence electrons. The van der Waals surface area contributed by atoms with Crippen LogP contribution in [0.2, 0.25) is 0 Å². The van der Waals surface area contributed by atoms with Crippen molar-refractivity contribution in [3.05, 3.63) is 16.1 Å². The summed E-state index contributed by atoms with van der Waals surface area (Å²) < 4.78 is 5.27. The first kappa shape index (κ1) is 18.6. The number of aromatic nitrogens is 1. The summed E-state index contributed by atoms with van der Waals surface area (Å²) in [6, 6.07) is 0.521. The molecule has 1 aliphatic carbocycles. The van der Waals surface area contributed by atoms with E-state index in [1.54, 1.807) is 25.5 Å². The molecule has 2 N–H and O–H groups in total. The van der Waals surface area contributed by atoms with E-state index < -0.39 is 0 Å². The third-order valence-electron chi connectivity index (χ3n) is 3.76. The van der Waals surface area contributed by atoms with Crippen LogP contribution in [0.15, 0.2) is 10.4 Å². The van der Waals surface area contributed by atoms with E-state index in [2.05, 4.69) is 39.8 Å². The van der Waals surface area contributed by atoms with Crippen LogP contribution in [0.5, 0.6) is 0 Å². The zero-order valence-corrected chi connectivity index (χ0v) is 16.4. The van der Waals surface area contributed by atoms with Gasteiger partial charge in [0.1, 0.15) is 11.1 Å². The fourth-order valence-electron chi connectivity index (χ4n) is 1.94. The Kier molecular flexibility index (Phi) is 6.86. The number of hydrogen-bond donors (Lipinski definition) is 2. The highest BCUT2D eigenvalue weighted by Crippen LogP contribution is 2.44. The molecule has 2 unspecified atom stereocenters. The second-order valence-corrected chi connectivity index (χ2v) is 6.76. The number of aliphatic imine (C=N–C) groups is 1. The van der Waals surface area contributed by atoms with E-state index in [-0.39, 0.29) is 30.1 Å². The summed E-state index contributed by atoms with van der Waals surface area (Å²) in [6.45, 7) is 7.21. The summed E-state index contributed by atoms with van der Waals surface area (Å²) in [5, 5.41) is 9.81. The van der Waals surface area contributed by atoms with Crippen LogP contribution in [0.3, 0.4) is 0 Å². The summed E-state index contributed by atoms with van der Waals surface area (Å²) in [6.07, 6.45) is 1.25. The lowest BCUT2D eigenvalue weighted by Gasteiger charge is -2.12. The lowest BCUT2D eigenvalue weighted by molar-refractivity contribution is 0.119. The zero-order chi connectivity index (χ0) is 14.8. The van der Waals surface area contributed by atoms with Gasteiger partial charge in [-0.25, -0.2) is 4.98 Å². The monoisotopic (exact) mass is 424 g/mol. The predicted molar refractivity (Wildman–Crippen MR) is 98.5 cm³/mol. The first-order valence-corrected chi connectivity index (χ1v) is 7.78. The molecule has 7 heteroatoms. The topological polar surface area (TPSA) is 58.5 Å². The van der Waals surface area contributed by atoms with Crippen LogP contribution in [0.25, 0.3) is 0 Å². The minimum absolute atomic E-state index is 0. The maximum Gasteiger partial charge on any atom is 0.191 e. The molecule has 1 fully saturated rings. The van der Waals surface area contributed by atoms with Crippen molar-refractivity contribution >= 4 is 41.3 Å². The van der Waals surface area contributed by atoms with Crippen LogP contribution in [-0.2, 0) is 11.3 Å². The maximum atomic E-state index is 5.27. The van der Waals surface area contributed by atoms with Crippen LogP contribution < -0.4 is 10.6 Å². The molecule has 0 aliphatic heterocycles. The van der Waals surface area contributed by atoms with Crippen molar-refractivity contribution in [1.82, 2.24) is 15.6 Å². The second-order valence-electron chi connectivity index (χ2n) is 5.87. The van der Waals surface area contributed by atoms with Crippen molar-refractivity contribution in [2.24, 2.45) is 10.4 Å². The average Bonchev–Trinajstić information content (AvgIpc) is 2.83. The first-order valence-electron chi connectivity index (χ1n) is 6.90. The van der Waals surface area contributed by atoms with E-state index in [1.165, 1.54) is 6.42 Å². The highest BCUT2D eigenvalue weighted by atomic mass is 127. The molecule has 5 nitrogen and oxygen atoms in total. The zero-order valence-electron chi connectivity index (χ0n) is 13.3. The Labute approximate surface area is 148 Å². The van der Waals surface area contributed by atoms with Gasteiger partial charge in [0.2, 0.25) is 0 Å². The van der Waals surface area contributed by atoms with Gasteiger partial charge in [0.05, 0.1) is 12.2 Å². The van der Waals surface area contributed by atoms with Crippen molar-refractivity contribution in [3.8, 4) is 0 Å². The van der Waals surface area contributed by atoms with Crippen molar-refractivity contribution in [1.29, 1.82) is 0 Å². The highest BCUT2D eigenvalue weighted by Gasteiger charge is 2.46. The van der Waals surface area contributed by atoms with E-state index >= 15 is 0 Å². The number of thiazole rings is 1. The smallest absolute Gasteiger partial charge is 0.191 e. The third-order valence-corrected chi connectivity index (χ3v) is 4.81. The van der Waals surface area contributed by atoms with Gasteiger partial charge in [0, 0.05) is 25.6 Å². The Morgan fingerprint density at radius 2 is 2.29 bits per heavy atom. The molecule has 0 aromatic carbocycles. The molecule has 1 aromatic heterocycles. The molecular formula is C14H25IN4OS. The van der Waals surface area contributed by atoms with E-state index in [4.69, 9.17) is 4.74 Å². The van der Waals surface area contributed by atoms with Crippen LogP contribution in [0.4, 0.5) is 0 Å². The fraction of sp³-hybridized carbons (Fsp3) is 0.714. The lowest BCUT2D eigenvalue weighted by Crippen LogP contribution is -2.39. The SMILES string of the molecule is CN=C(NCc1csc(C(C)OC)n1)NC1CC1(C)C.I. The third kappa shape index (κ3) is 5.07. The number of nitrogens with one attached hydrogen (secondary N) is 2. The molecule has 0 radical (unpaired) electrons. The van der Waals surface area contributed by atoms with Crippen LogP contribution in [-0.4, -0.2) is 31.1 Å². The van der Waals surface area contributed by atoms with Crippen molar-refractivity contribution in [3.63, 3.8) is 0 Å².